The summed E-state index contributed by atoms with van der Waals surface area (Å²) in [6.07, 6.45) is 3.53. The van der Waals surface area contributed by atoms with Crippen LogP contribution in [0.15, 0.2) is 36.8 Å². The van der Waals surface area contributed by atoms with Crippen LogP contribution >= 0.6 is 0 Å². The second-order valence-corrected chi connectivity index (χ2v) is 6.36. The van der Waals surface area contributed by atoms with Gasteiger partial charge < -0.3 is 19.4 Å². The third-order valence-corrected chi connectivity index (χ3v) is 4.90. The molecule has 2 aromatic heterocycles. The molecule has 1 saturated heterocycles. The first-order chi connectivity index (χ1) is 12.8. The molecular weight excluding hydrogens is 330 g/mol. The summed E-state index contributed by atoms with van der Waals surface area (Å²) in [4.78, 5) is 16.6. The van der Waals surface area contributed by atoms with Gasteiger partial charge in [-0.15, -0.1) is 0 Å². The van der Waals surface area contributed by atoms with Gasteiger partial charge in [0.1, 0.15) is 17.7 Å². The van der Waals surface area contributed by atoms with Crippen LogP contribution in [0.25, 0.3) is 11.0 Å². The lowest BCUT2D eigenvalue weighted by Crippen LogP contribution is -2.46. The topological polar surface area (TPSA) is 66.5 Å². The van der Waals surface area contributed by atoms with Gasteiger partial charge in [-0.3, -0.25) is 4.90 Å². The summed E-state index contributed by atoms with van der Waals surface area (Å²) in [5.74, 6) is 1.55. The van der Waals surface area contributed by atoms with E-state index in [1.54, 1.807) is 14.2 Å². The van der Waals surface area contributed by atoms with Gasteiger partial charge in [0.2, 0.25) is 5.88 Å². The Morgan fingerprint density at radius 1 is 1.04 bits per heavy atom. The first-order valence-corrected chi connectivity index (χ1v) is 8.75. The van der Waals surface area contributed by atoms with Crippen molar-refractivity contribution in [2.75, 3.05) is 45.3 Å². The summed E-state index contributed by atoms with van der Waals surface area (Å²) in [6, 6.07) is 8.20. The normalized spacial score (nSPS) is 15.4. The molecule has 1 N–H and O–H groups in total. The highest BCUT2D eigenvalue weighted by Crippen LogP contribution is 2.29. The van der Waals surface area contributed by atoms with E-state index in [2.05, 4.69) is 36.9 Å². The van der Waals surface area contributed by atoms with Crippen LogP contribution in [0.1, 0.15) is 5.56 Å². The van der Waals surface area contributed by atoms with E-state index in [1.807, 2.05) is 18.3 Å². The summed E-state index contributed by atoms with van der Waals surface area (Å²) in [7, 11) is 3.37. The predicted molar refractivity (Wildman–Crippen MR) is 101 cm³/mol. The largest absolute Gasteiger partial charge is 0.495 e. The van der Waals surface area contributed by atoms with Crippen molar-refractivity contribution in [1.82, 2.24) is 19.9 Å². The van der Waals surface area contributed by atoms with E-state index in [9.17, 15) is 0 Å². The van der Waals surface area contributed by atoms with Gasteiger partial charge in [-0.05, 0) is 17.7 Å². The molecule has 0 saturated carbocycles. The Bertz CT molecular complexity index is 887. The Morgan fingerprint density at radius 2 is 1.85 bits per heavy atom. The second-order valence-electron chi connectivity index (χ2n) is 6.36. The number of methoxy groups -OCH3 is 2. The molecule has 0 unspecified atom stereocenters. The molecule has 0 aliphatic carbocycles. The fourth-order valence-corrected chi connectivity index (χ4v) is 3.55. The number of anilines is 1. The van der Waals surface area contributed by atoms with Crippen molar-refractivity contribution in [1.29, 1.82) is 0 Å². The molecule has 26 heavy (non-hydrogen) atoms. The molecular formula is C19H23N5O2. The molecule has 1 fully saturated rings. The molecule has 7 heteroatoms. The lowest BCUT2D eigenvalue weighted by atomic mass is 10.2. The minimum absolute atomic E-state index is 0.624. The maximum Gasteiger partial charge on any atom is 0.226 e. The van der Waals surface area contributed by atoms with Gasteiger partial charge in [0.05, 0.1) is 25.3 Å². The van der Waals surface area contributed by atoms with Gasteiger partial charge in [0, 0.05) is 38.9 Å². The molecule has 0 spiro atoms. The zero-order valence-corrected chi connectivity index (χ0v) is 15.1. The van der Waals surface area contributed by atoms with Gasteiger partial charge in [-0.25, -0.2) is 9.97 Å². The van der Waals surface area contributed by atoms with Crippen LogP contribution in [0.4, 0.5) is 5.69 Å². The molecule has 0 radical (unpaired) electrons. The molecule has 1 aliphatic rings. The number of piperazine rings is 1. The number of aromatic nitrogens is 3. The average molecular weight is 353 g/mol. The number of rotatable bonds is 5. The van der Waals surface area contributed by atoms with Crippen LogP contribution in [0.3, 0.4) is 0 Å². The summed E-state index contributed by atoms with van der Waals surface area (Å²) < 4.78 is 10.9. The van der Waals surface area contributed by atoms with Crippen molar-refractivity contribution < 1.29 is 9.47 Å². The summed E-state index contributed by atoms with van der Waals surface area (Å²) in [5.41, 5.74) is 3.15. The number of benzene rings is 1. The molecule has 3 heterocycles. The summed E-state index contributed by atoms with van der Waals surface area (Å²) in [6.45, 7) is 4.76. The Balaban J connectivity index is 1.46. The number of nitrogens with zero attached hydrogens (tertiary/aromatic N) is 4. The van der Waals surface area contributed by atoms with E-state index >= 15 is 0 Å². The quantitative estimate of drug-likeness (QED) is 0.759. The van der Waals surface area contributed by atoms with Crippen molar-refractivity contribution in [3.8, 4) is 11.6 Å². The van der Waals surface area contributed by atoms with Crippen LogP contribution in [0.5, 0.6) is 11.6 Å². The first-order valence-electron chi connectivity index (χ1n) is 8.75. The maximum absolute atomic E-state index is 5.50. The number of fused-ring (bicyclic) bond motifs is 1. The van der Waals surface area contributed by atoms with Crippen molar-refractivity contribution in [3.63, 3.8) is 0 Å². The molecule has 1 aromatic carbocycles. The van der Waals surface area contributed by atoms with Crippen LogP contribution in [0.2, 0.25) is 0 Å². The van der Waals surface area contributed by atoms with Crippen LogP contribution in [-0.4, -0.2) is 60.3 Å². The lowest BCUT2D eigenvalue weighted by molar-refractivity contribution is 0.249. The molecule has 0 amide bonds. The minimum Gasteiger partial charge on any atom is -0.495 e. The van der Waals surface area contributed by atoms with Gasteiger partial charge in [-0.1, -0.05) is 12.1 Å². The van der Waals surface area contributed by atoms with Crippen LogP contribution in [0, 0.1) is 0 Å². The van der Waals surface area contributed by atoms with E-state index in [1.165, 1.54) is 11.9 Å². The average Bonchev–Trinajstić information content (AvgIpc) is 3.11. The fourth-order valence-electron chi connectivity index (χ4n) is 3.55. The van der Waals surface area contributed by atoms with Gasteiger partial charge in [0.25, 0.3) is 0 Å². The third-order valence-electron chi connectivity index (χ3n) is 4.90. The van der Waals surface area contributed by atoms with Crippen molar-refractivity contribution in [3.05, 3.63) is 42.4 Å². The molecule has 4 rings (SSSR count). The molecule has 7 nitrogen and oxygen atoms in total. The number of aromatic amines is 1. The monoisotopic (exact) mass is 353 g/mol. The lowest BCUT2D eigenvalue weighted by Gasteiger charge is -2.36. The first kappa shape index (κ1) is 16.7. The molecule has 0 bridgehead atoms. The molecule has 0 atom stereocenters. The standard InChI is InChI=1S/C19H23N5O2/c1-25-16-6-4-3-5-15(16)24-9-7-23(8-10-24)12-14-11-20-18-17(14)19(26-2)22-13-21-18/h3-6,11,13H,7-10,12H2,1-2H3,(H,20,21,22). The predicted octanol–water partition coefficient (Wildman–Crippen LogP) is 2.30. The van der Waals surface area contributed by atoms with E-state index in [0.717, 1.165) is 55.2 Å². The molecule has 3 aromatic rings. The van der Waals surface area contributed by atoms with Crippen molar-refractivity contribution in [2.45, 2.75) is 6.54 Å². The summed E-state index contributed by atoms with van der Waals surface area (Å²) >= 11 is 0. The number of para-hydroxylation sites is 2. The van der Waals surface area contributed by atoms with Gasteiger partial charge in [0.15, 0.2) is 0 Å². The SMILES string of the molecule is COc1ccccc1N1CCN(Cc2c[nH]c3ncnc(OC)c23)CC1. The van der Waals surface area contributed by atoms with Gasteiger partial charge >= 0.3 is 0 Å². The highest BCUT2D eigenvalue weighted by Gasteiger charge is 2.21. The highest BCUT2D eigenvalue weighted by molar-refractivity contribution is 5.84. The van der Waals surface area contributed by atoms with E-state index in [0.29, 0.717) is 5.88 Å². The van der Waals surface area contributed by atoms with E-state index < -0.39 is 0 Å². The van der Waals surface area contributed by atoms with Gasteiger partial charge in [-0.2, -0.15) is 0 Å². The minimum atomic E-state index is 0.624. The van der Waals surface area contributed by atoms with Crippen LogP contribution < -0.4 is 14.4 Å². The summed E-state index contributed by atoms with van der Waals surface area (Å²) in [5, 5.41) is 0.974. The zero-order chi connectivity index (χ0) is 17.9. The number of ether oxygens (including phenoxy) is 2. The smallest absolute Gasteiger partial charge is 0.226 e. The Labute approximate surface area is 152 Å². The Morgan fingerprint density at radius 3 is 2.62 bits per heavy atom. The number of hydrogen-bond acceptors (Lipinski definition) is 6. The highest BCUT2D eigenvalue weighted by atomic mass is 16.5. The number of hydrogen-bond donors (Lipinski definition) is 1. The van der Waals surface area contributed by atoms with Crippen molar-refractivity contribution in [2.24, 2.45) is 0 Å². The maximum atomic E-state index is 5.50. The van der Waals surface area contributed by atoms with E-state index in [4.69, 9.17) is 9.47 Å². The molecule has 1 aliphatic heterocycles. The number of H-pyrrole nitrogens is 1. The van der Waals surface area contributed by atoms with E-state index in [-0.39, 0.29) is 0 Å². The van der Waals surface area contributed by atoms with Crippen LogP contribution in [-0.2, 0) is 6.54 Å². The zero-order valence-electron chi connectivity index (χ0n) is 15.1. The Kier molecular flexibility index (Phi) is 4.62. The third kappa shape index (κ3) is 3.06. The number of nitrogens with one attached hydrogen (secondary N) is 1. The molecule has 136 valence electrons. The second kappa shape index (κ2) is 7.21. The fraction of sp³-hybridized carbons (Fsp3) is 0.368. The van der Waals surface area contributed by atoms with Crippen molar-refractivity contribution >= 4 is 16.7 Å². The Hall–Kier alpha value is -2.80.